The average molecular weight is 462 g/mol. The van der Waals surface area contributed by atoms with Gasteiger partial charge in [-0.15, -0.1) is 11.3 Å². The molecule has 2 aromatic heterocycles. The number of aryl methyl sites for hydroxylation is 1. The number of fused-ring (bicyclic) bond motifs is 1. The quantitative estimate of drug-likeness (QED) is 0.491. The predicted molar refractivity (Wildman–Crippen MR) is 128 cm³/mol. The molecule has 0 spiro atoms. The molecule has 5 rings (SSSR count). The van der Waals surface area contributed by atoms with Crippen LogP contribution in [0.15, 0.2) is 54.6 Å². The van der Waals surface area contributed by atoms with Crippen molar-refractivity contribution >= 4 is 22.4 Å². The van der Waals surface area contributed by atoms with Gasteiger partial charge in [0.15, 0.2) is 5.13 Å². The van der Waals surface area contributed by atoms with Crippen LogP contribution >= 0.6 is 11.3 Å². The topological polar surface area (TPSA) is 77.0 Å². The van der Waals surface area contributed by atoms with Gasteiger partial charge in [-0.3, -0.25) is 9.48 Å². The van der Waals surface area contributed by atoms with Gasteiger partial charge in [-0.1, -0.05) is 30.3 Å². The molecule has 4 aromatic rings. The molecule has 1 aliphatic heterocycles. The van der Waals surface area contributed by atoms with Crippen molar-refractivity contribution in [1.29, 1.82) is 0 Å². The van der Waals surface area contributed by atoms with Crippen molar-refractivity contribution in [1.82, 2.24) is 19.7 Å². The minimum absolute atomic E-state index is 0.0141. The smallest absolute Gasteiger partial charge is 0.244 e. The fraction of sp³-hybridized carbons (Fsp3) is 0.240. The second-order valence-corrected chi connectivity index (χ2v) is 9.32. The number of hydrogen-bond acceptors (Lipinski definition) is 5. The maximum atomic E-state index is 13.8. The standard InChI is InChI=1S/C25H24FN5OS/c1-16-13-18(7-8-19(16)26)21-14-22(17-5-3-2-4-6-17)31(29-21)15-24(32)30-11-9-20-23(10-12-30)33-25(27)28-20/h2-8,13-14H,9-12,15H2,1H3,(H2,27,28). The molecule has 2 N–H and O–H groups in total. The molecular formula is C25H24FN5OS. The van der Waals surface area contributed by atoms with Crippen molar-refractivity contribution in [2.75, 3.05) is 18.8 Å². The van der Waals surface area contributed by atoms with Gasteiger partial charge in [0.25, 0.3) is 0 Å². The molecule has 33 heavy (non-hydrogen) atoms. The van der Waals surface area contributed by atoms with E-state index in [0.29, 0.717) is 35.9 Å². The van der Waals surface area contributed by atoms with Gasteiger partial charge in [0.05, 0.1) is 17.1 Å². The van der Waals surface area contributed by atoms with E-state index in [2.05, 4.69) is 4.98 Å². The lowest BCUT2D eigenvalue weighted by Gasteiger charge is -2.20. The molecule has 0 unspecified atom stereocenters. The summed E-state index contributed by atoms with van der Waals surface area (Å²) in [4.78, 5) is 20.7. The normalized spacial score (nSPS) is 13.6. The Morgan fingerprint density at radius 1 is 1.09 bits per heavy atom. The molecule has 0 aliphatic carbocycles. The Hall–Kier alpha value is -3.52. The van der Waals surface area contributed by atoms with Crippen molar-refractivity contribution in [3.05, 3.63) is 76.5 Å². The second kappa shape index (κ2) is 8.78. The summed E-state index contributed by atoms with van der Waals surface area (Å²) in [5.74, 6) is -0.234. The fourth-order valence-corrected chi connectivity index (χ4v) is 5.05. The summed E-state index contributed by atoms with van der Waals surface area (Å²) in [7, 11) is 0. The Morgan fingerprint density at radius 2 is 1.88 bits per heavy atom. The molecular weight excluding hydrogens is 437 g/mol. The zero-order valence-electron chi connectivity index (χ0n) is 18.3. The highest BCUT2D eigenvalue weighted by molar-refractivity contribution is 7.15. The van der Waals surface area contributed by atoms with Crippen molar-refractivity contribution in [3.63, 3.8) is 0 Å². The summed E-state index contributed by atoms with van der Waals surface area (Å²) in [5, 5.41) is 5.34. The van der Waals surface area contributed by atoms with Crippen molar-refractivity contribution in [2.45, 2.75) is 26.3 Å². The number of rotatable bonds is 4. The number of aromatic nitrogens is 3. The molecule has 0 atom stereocenters. The predicted octanol–water partition coefficient (Wildman–Crippen LogP) is 4.33. The van der Waals surface area contributed by atoms with Crippen LogP contribution in [0.25, 0.3) is 22.5 Å². The van der Waals surface area contributed by atoms with Gasteiger partial charge in [0, 0.05) is 36.4 Å². The molecule has 6 nitrogen and oxygen atoms in total. The largest absolute Gasteiger partial charge is 0.375 e. The van der Waals surface area contributed by atoms with E-state index in [9.17, 15) is 9.18 Å². The van der Waals surface area contributed by atoms with E-state index in [1.165, 1.54) is 22.3 Å². The number of nitrogens with two attached hydrogens (primary N) is 1. The molecule has 2 aromatic carbocycles. The van der Waals surface area contributed by atoms with E-state index in [1.54, 1.807) is 23.7 Å². The van der Waals surface area contributed by atoms with Crippen molar-refractivity contribution < 1.29 is 9.18 Å². The van der Waals surface area contributed by atoms with Crippen LogP contribution in [0.5, 0.6) is 0 Å². The van der Waals surface area contributed by atoms with Crippen molar-refractivity contribution in [2.24, 2.45) is 0 Å². The first-order valence-electron chi connectivity index (χ1n) is 10.9. The monoisotopic (exact) mass is 461 g/mol. The number of carbonyl (C=O) groups excluding carboxylic acids is 1. The average Bonchev–Trinajstić information content (AvgIpc) is 3.33. The highest BCUT2D eigenvalue weighted by Gasteiger charge is 2.23. The van der Waals surface area contributed by atoms with E-state index >= 15 is 0 Å². The molecule has 0 saturated carbocycles. The molecule has 0 saturated heterocycles. The highest BCUT2D eigenvalue weighted by atomic mass is 32.1. The zero-order chi connectivity index (χ0) is 22.9. The Kier molecular flexibility index (Phi) is 5.68. The molecule has 3 heterocycles. The third kappa shape index (κ3) is 4.39. The number of thiazole rings is 1. The zero-order valence-corrected chi connectivity index (χ0v) is 19.1. The van der Waals surface area contributed by atoms with Gasteiger partial charge in [-0.05, 0) is 42.3 Å². The molecule has 0 fully saturated rings. The van der Waals surface area contributed by atoms with Gasteiger partial charge in [0.1, 0.15) is 12.4 Å². The third-order valence-corrected chi connectivity index (χ3v) is 6.95. The molecule has 0 radical (unpaired) electrons. The SMILES string of the molecule is Cc1cc(-c2cc(-c3ccccc3)n(CC(=O)N3CCc4nc(N)sc4CC3)n2)ccc1F. The van der Waals surface area contributed by atoms with Gasteiger partial charge in [-0.25, -0.2) is 9.37 Å². The van der Waals surface area contributed by atoms with E-state index in [0.717, 1.165) is 28.9 Å². The molecule has 1 aliphatic rings. The first-order chi connectivity index (χ1) is 16.0. The summed E-state index contributed by atoms with van der Waals surface area (Å²) >= 11 is 1.51. The van der Waals surface area contributed by atoms with Crippen LogP contribution in [0.3, 0.4) is 0 Å². The Morgan fingerprint density at radius 3 is 2.67 bits per heavy atom. The van der Waals surface area contributed by atoms with Gasteiger partial charge < -0.3 is 10.6 Å². The lowest BCUT2D eigenvalue weighted by molar-refractivity contribution is -0.131. The fourth-order valence-electron chi connectivity index (χ4n) is 4.18. The minimum Gasteiger partial charge on any atom is -0.375 e. The summed E-state index contributed by atoms with van der Waals surface area (Å²) in [6, 6.07) is 16.8. The number of amides is 1. The number of anilines is 1. The molecule has 1 amide bonds. The first kappa shape index (κ1) is 21.3. The maximum Gasteiger partial charge on any atom is 0.244 e. The lowest BCUT2D eigenvalue weighted by Crippen LogP contribution is -2.36. The Bertz CT molecular complexity index is 1290. The molecule has 0 bridgehead atoms. The van der Waals surface area contributed by atoms with Crippen LogP contribution in [0.4, 0.5) is 9.52 Å². The summed E-state index contributed by atoms with van der Waals surface area (Å²) in [5.41, 5.74) is 10.8. The number of carbonyl (C=O) groups is 1. The number of hydrogen-bond donors (Lipinski definition) is 1. The third-order valence-electron chi connectivity index (χ3n) is 5.96. The van der Waals surface area contributed by atoms with E-state index in [4.69, 9.17) is 10.8 Å². The summed E-state index contributed by atoms with van der Waals surface area (Å²) in [6.45, 7) is 3.12. The first-order valence-corrected chi connectivity index (χ1v) is 11.7. The van der Waals surface area contributed by atoms with Gasteiger partial charge in [-0.2, -0.15) is 5.10 Å². The second-order valence-electron chi connectivity index (χ2n) is 8.21. The van der Waals surface area contributed by atoms with E-state index in [-0.39, 0.29) is 18.3 Å². The van der Waals surface area contributed by atoms with Crippen LogP contribution in [0, 0.1) is 12.7 Å². The van der Waals surface area contributed by atoms with E-state index in [1.807, 2.05) is 41.3 Å². The number of nitrogen functional groups attached to an aromatic ring is 1. The lowest BCUT2D eigenvalue weighted by atomic mass is 10.1. The summed E-state index contributed by atoms with van der Waals surface area (Å²) < 4.78 is 15.5. The summed E-state index contributed by atoms with van der Waals surface area (Å²) in [6.07, 6.45) is 1.47. The Balaban J connectivity index is 1.42. The Labute approximate surface area is 195 Å². The molecule has 8 heteroatoms. The maximum absolute atomic E-state index is 13.8. The molecule has 168 valence electrons. The van der Waals surface area contributed by atoms with Crippen molar-refractivity contribution in [3.8, 4) is 22.5 Å². The van der Waals surface area contributed by atoms with Crippen LogP contribution in [-0.2, 0) is 24.2 Å². The minimum atomic E-state index is -0.248. The van der Waals surface area contributed by atoms with Gasteiger partial charge in [0.2, 0.25) is 5.91 Å². The van der Waals surface area contributed by atoms with Crippen LogP contribution < -0.4 is 5.73 Å². The van der Waals surface area contributed by atoms with E-state index < -0.39 is 0 Å². The number of benzene rings is 2. The number of nitrogens with zero attached hydrogens (tertiary/aromatic N) is 4. The van der Waals surface area contributed by atoms with Crippen LogP contribution in [-0.4, -0.2) is 38.7 Å². The van der Waals surface area contributed by atoms with Crippen LogP contribution in [0.2, 0.25) is 0 Å². The van der Waals surface area contributed by atoms with Crippen LogP contribution in [0.1, 0.15) is 16.1 Å². The number of halogens is 1. The van der Waals surface area contributed by atoms with Gasteiger partial charge >= 0.3 is 0 Å². The highest BCUT2D eigenvalue weighted by Crippen LogP contribution is 2.28.